The van der Waals surface area contributed by atoms with Crippen LogP contribution in [0.15, 0.2) is 4.52 Å². The molecule has 6 heteroatoms. The molecule has 1 atom stereocenters. The zero-order chi connectivity index (χ0) is 10.8. The Hall–Kier alpha value is -0.980. The van der Waals surface area contributed by atoms with E-state index in [1.165, 1.54) is 0 Å². The van der Waals surface area contributed by atoms with Crippen LogP contribution in [0.4, 0.5) is 0 Å². The predicted octanol–water partition coefficient (Wildman–Crippen LogP) is -0.0568. The summed E-state index contributed by atoms with van der Waals surface area (Å²) in [7, 11) is 1.56. The minimum Gasteiger partial charge on any atom is -0.394 e. The van der Waals surface area contributed by atoms with Gasteiger partial charge in [-0.2, -0.15) is 4.98 Å². The maximum atomic E-state index is 8.77. The summed E-state index contributed by atoms with van der Waals surface area (Å²) in [6.07, 6.45) is 0. The molecule has 1 unspecified atom stereocenters. The van der Waals surface area contributed by atoms with Crippen LogP contribution in [-0.4, -0.2) is 29.0 Å². The SMILES string of the molecule is COC(C)(C)c1noc(C(N)CO)n1. The number of hydrogen-bond donors (Lipinski definition) is 2. The van der Waals surface area contributed by atoms with Crippen LogP contribution in [0.3, 0.4) is 0 Å². The van der Waals surface area contributed by atoms with Crippen molar-refractivity contribution in [1.29, 1.82) is 0 Å². The Morgan fingerprint density at radius 2 is 2.29 bits per heavy atom. The third-order valence-electron chi connectivity index (χ3n) is 2.00. The van der Waals surface area contributed by atoms with Gasteiger partial charge >= 0.3 is 0 Å². The summed E-state index contributed by atoms with van der Waals surface area (Å²) in [5.74, 6) is 0.631. The van der Waals surface area contributed by atoms with Gasteiger partial charge in [-0.05, 0) is 13.8 Å². The van der Waals surface area contributed by atoms with Crippen molar-refractivity contribution in [2.45, 2.75) is 25.5 Å². The molecule has 0 radical (unpaired) electrons. The molecule has 80 valence electrons. The zero-order valence-electron chi connectivity index (χ0n) is 8.52. The molecule has 0 saturated carbocycles. The smallest absolute Gasteiger partial charge is 0.246 e. The quantitative estimate of drug-likeness (QED) is 0.708. The van der Waals surface area contributed by atoms with Crippen molar-refractivity contribution in [3.8, 4) is 0 Å². The number of hydrogen-bond acceptors (Lipinski definition) is 6. The van der Waals surface area contributed by atoms with E-state index in [2.05, 4.69) is 10.1 Å². The highest BCUT2D eigenvalue weighted by molar-refractivity contribution is 4.99. The van der Waals surface area contributed by atoms with Crippen LogP contribution in [0.5, 0.6) is 0 Å². The Balaban J connectivity index is 2.88. The van der Waals surface area contributed by atoms with E-state index in [-0.39, 0.29) is 12.5 Å². The molecule has 0 aromatic carbocycles. The second-order valence-electron chi connectivity index (χ2n) is 3.46. The molecule has 0 aliphatic rings. The third-order valence-corrected chi connectivity index (χ3v) is 2.00. The first kappa shape index (κ1) is 11.1. The Morgan fingerprint density at radius 3 is 2.79 bits per heavy atom. The standard InChI is InChI=1S/C8H15N3O3/c1-8(2,13-3)7-10-6(14-11-7)5(9)4-12/h5,12H,4,9H2,1-3H3. The highest BCUT2D eigenvalue weighted by Crippen LogP contribution is 2.21. The predicted molar refractivity (Wildman–Crippen MR) is 48.3 cm³/mol. The highest BCUT2D eigenvalue weighted by atomic mass is 16.5. The van der Waals surface area contributed by atoms with E-state index >= 15 is 0 Å². The summed E-state index contributed by atoms with van der Waals surface area (Å²) in [4.78, 5) is 4.04. The Labute approximate surface area is 82.1 Å². The van der Waals surface area contributed by atoms with E-state index < -0.39 is 11.6 Å². The molecular formula is C8H15N3O3. The number of aliphatic hydroxyl groups excluding tert-OH is 1. The summed E-state index contributed by atoms with van der Waals surface area (Å²) >= 11 is 0. The fourth-order valence-corrected chi connectivity index (χ4v) is 0.800. The van der Waals surface area contributed by atoms with E-state index in [4.69, 9.17) is 20.1 Å². The molecule has 3 N–H and O–H groups in total. The third kappa shape index (κ3) is 2.09. The molecular weight excluding hydrogens is 186 g/mol. The number of ether oxygens (including phenoxy) is 1. The first-order valence-corrected chi connectivity index (χ1v) is 4.27. The van der Waals surface area contributed by atoms with E-state index in [0.717, 1.165) is 0 Å². The second-order valence-corrected chi connectivity index (χ2v) is 3.46. The minimum atomic E-state index is -0.635. The summed E-state index contributed by atoms with van der Waals surface area (Å²) in [6, 6.07) is -0.635. The lowest BCUT2D eigenvalue weighted by Crippen LogP contribution is -2.22. The Morgan fingerprint density at radius 1 is 1.64 bits per heavy atom. The summed E-state index contributed by atoms with van der Waals surface area (Å²) in [5, 5.41) is 12.5. The van der Waals surface area contributed by atoms with Crippen molar-refractivity contribution in [2.75, 3.05) is 13.7 Å². The average Bonchev–Trinajstić information content (AvgIpc) is 2.66. The van der Waals surface area contributed by atoms with Crippen molar-refractivity contribution in [1.82, 2.24) is 10.1 Å². The van der Waals surface area contributed by atoms with Crippen LogP contribution in [0.1, 0.15) is 31.6 Å². The van der Waals surface area contributed by atoms with Gasteiger partial charge in [0.1, 0.15) is 11.6 Å². The fourth-order valence-electron chi connectivity index (χ4n) is 0.800. The molecule has 1 aromatic heterocycles. The lowest BCUT2D eigenvalue weighted by molar-refractivity contribution is 0.00973. The molecule has 14 heavy (non-hydrogen) atoms. The molecule has 6 nitrogen and oxygen atoms in total. The largest absolute Gasteiger partial charge is 0.394 e. The van der Waals surface area contributed by atoms with E-state index in [9.17, 15) is 0 Å². The van der Waals surface area contributed by atoms with Gasteiger partial charge in [0.15, 0.2) is 0 Å². The molecule has 1 heterocycles. The molecule has 1 rings (SSSR count). The van der Waals surface area contributed by atoms with Crippen molar-refractivity contribution in [3.63, 3.8) is 0 Å². The molecule has 0 aliphatic heterocycles. The van der Waals surface area contributed by atoms with Crippen molar-refractivity contribution in [3.05, 3.63) is 11.7 Å². The molecule has 0 bridgehead atoms. The number of aromatic nitrogens is 2. The monoisotopic (exact) mass is 201 g/mol. The van der Waals surface area contributed by atoms with Crippen LogP contribution in [0.2, 0.25) is 0 Å². The van der Waals surface area contributed by atoms with Crippen molar-refractivity contribution in [2.24, 2.45) is 5.73 Å². The lowest BCUT2D eigenvalue weighted by Gasteiger charge is -2.17. The maximum Gasteiger partial charge on any atom is 0.246 e. The first-order chi connectivity index (χ1) is 6.51. The van der Waals surface area contributed by atoms with Gasteiger partial charge in [0.05, 0.1) is 6.61 Å². The van der Waals surface area contributed by atoms with E-state index in [1.54, 1.807) is 7.11 Å². The summed E-state index contributed by atoms with van der Waals surface area (Å²) in [6.45, 7) is 3.40. The molecule has 0 saturated heterocycles. The van der Waals surface area contributed by atoms with Gasteiger partial charge in [-0.25, -0.2) is 0 Å². The van der Waals surface area contributed by atoms with E-state index in [1.807, 2.05) is 13.8 Å². The van der Waals surface area contributed by atoms with Gasteiger partial charge in [0, 0.05) is 7.11 Å². The number of aliphatic hydroxyl groups is 1. The van der Waals surface area contributed by atoms with Gasteiger partial charge in [0.2, 0.25) is 11.7 Å². The van der Waals surface area contributed by atoms with Gasteiger partial charge in [-0.15, -0.1) is 0 Å². The minimum absolute atomic E-state index is 0.215. The molecule has 0 aliphatic carbocycles. The number of nitrogens with zero attached hydrogens (tertiary/aromatic N) is 2. The zero-order valence-corrected chi connectivity index (χ0v) is 8.52. The second kappa shape index (κ2) is 4.04. The van der Waals surface area contributed by atoms with Crippen molar-refractivity contribution < 1.29 is 14.4 Å². The summed E-state index contributed by atoms with van der Waals surface area (Å²) in [5.41, 5.74) is 4.89. The van der Waals surface area contributed by atoms with Crippen LogP contribution in [0, 0.1) is 0 Å². The summed E-state index contributed by atoms with van der Waals surface area (Å²) < 4.78 is 10.0. The number of rotatable bonds is 4. The van der Waals surface area contributed by atoms with Crippen LogP contribution in [0.25, 0.3) is 0 Å². The first-order valence-electron chi connectivity index (χ1n) is 4.27. The Kier molecular flexibility index (Phi) is 3.20. The lowest BCUT2D eigenvalue weighted by atomic mass is 10.1. The number of methoxy groups -OCH3 is 1. The maximum absolute atomic E-state index is 8.77. The molecule has 0 fully saturated rings. The average molecular weight is 201 g/mol. The molecule has 1 aromatic rings. The van der Waals surface area contributed by atoms with Crippen LogP contribution < -0.4 is 5.73 Å². The highest BCUT2D eigenvalue weighted by Gasteiger charge is 2.27. The van der Waals surface area contributed by atoms with Gasteiger partial charge in [-0.1, -0.05) is 5.16 Å². The van der Waals surface area contributed by atoms with Gasteiger partial charge in [0.25, 0.3) is 0 Å². The Bertz CT molecular complexity index is 298. The molecule has 0 spiro atoms. The normalized spacial score (nSPS) is 14.4. The fraction of sp³-hybridized carbons (Fsp3) is 0.750. The topological polar surface area (TPSA) is 94.4 Å². The number of nitrogens with two attached hydrogens (primary N) is 1. The van der Waals surface area contributed by atoms with Crippen LogP contribution >= 0.6 is 0 Å². The van der Waals surface area contributed by atoms with Crippen LogP contribution in [-0.2, 0) is 10.3 Å². The van der Waals surface area contributed by atoms with E-state index in [0.29, 0.717) is 5.82 Å². The van der Waals surface area contributed by atoms with Gasteiger partial charge in [-0.3, -0.25) is 0 Å². The van der Waals surface area contributed by atoms with Gasteiger partial charge < -0.3 is 20.1 Å². The van der Waals surface area contributed by atoms with Crippen molar-refractivity contribution >= 4 is 0 Å². The molecule has 0 amide bonds.